The van der Waals surface area contributed by atoms with Crippen molar-refractivity contribution in [2.75, 3.05) is 12.4 Å². The van der Waals surface area contributed by atoms with Gasteiger partial charge in [0.1, 0.15) is 5.82 Å². The highest BCUT2D eigenvalue weighted by Crippen LogP contribution is 2.20. The second kappa shape index (κ2) is 5.51. The summed E-state index contributed by atoms with van der Waals surface area (Å²) >= 11 is 0. The molecule has 0 aliphatic carbocycles. The molecule has 0 aliphatic rings. The van der Waals surface area contributed by atoms with E-state index in [0.717, 1.165) is 5.69 Å². The molecule has 2 N–H and O–H groups in total. The summed E-state index contributed by atoms with van der Waals surface area (Å²) in [6.45, 7) is 1.93. The van der Waals surface area contributed by atoms with Crippen LogP contribution in [-0.2, 0) is 4.74 Å². The number of aromatic amines is 1. The number of ether oxygens (including phenoxy) is 1. The summed E-state index contributed by atoms with van der Waals surface area (Å²) in [6, 6.07) is 6.01. The molecule has 2 rings (SSSR count). The van der Waals surface area contributed by atoms with Crippen molar-refractivity contribution in [3.05, 3.63) is 47.5 Å². The van der Waals surface area contributed by atoms with Gasteiger partial charge in [0.2, 0.25) is 0 Å². The lowest BCUT2D eigenvalue weighted by atomic mass is 10.1. The van der Waals surface area contributed by atoms with Gasteiger partial charge < -0.3 is 10.1 Å². The minimum Gasteiger partial charge on any atom is -0.465 e. The number of methoxy groups -OCH3 is 1. The van der Waals surface area contributed by atoms with Gasteiger partial charge in [-0.1, -0.05) is 0 Å². The lowest BCUT2D eigenvalue weighted by molar-refractivity contribution is 0.0595. The molecule has 1 atom stereocenters. The van der Waals surface area contributed by atoms with Crippen LogP contribution in [0.4, 0.5) is 10.1 Å². The quantitative estimate of drug-likeness (QED) is 0.832. The first-order valence-electron chi connectivity index (χ1n) is 5.75. The summed E-state index contributed by atoms with van der Waals surface area (Å²) in [5, 5.41) is 9.84. The summed E-state index contributed by atoms with van der Waals surface area (Å²) in [4.78, 5) is 11.4. The largest absolute Gasteiger partial charge is 0.465 e. The van der Waals surface area contributed by atoms with Crippen molar-refractivity contribution < 1.29 is 13.9 Å². The van der Waals surface area contributed by atoms with Crippen LogP contribution in [0, 0.1) is 5.82 Å². The van der Waals surface area contributed by atoms with Gasteiger partial charge in [0.15, 0.2) is 0 Å². The molecule has 1 heterocycles. The zero-order chi connectivity index (χ0) is 13.8. The zero-order valence-corrected chi connectivity index (χ0v) is 10.6. The number of nitrogens with one attached hydrogen (secondary N) is 2. The first kappa shape index (κ1) is 13.1. The fraction of sp³-hybridized carbons (Fsp3) is 0.231. The van der Waals surface area contributed by atoms with Gasteiger partial charge in [0.05, 0.1) is 24.4 Å². The van der Waals surface area contributed by atoms with Gasteiger partial charge in [-0.15, -0.1) is 0 Å². The van der Waals surface area contributed by atoms with E-state index in [2.05, 4.69) is 20.3 Å². The van der Waals surface area contributed by atoms with E-state index in [-0.39, 0.29) is 11.6 Å². The van der Waals surface area contributed by atoms with E-state index in [4.69, 9.17) is 0 Å². The van der Waals surface area contributed by atoms with Gasteiger partial charge in [-0.3, -0.25) is 5.10 Å². The van der Waals surface area contributed by atoms with E-state index < -0.39 is 11.8 Å². The second-order valence-corrected chi connectivity index (χ2v) is 4.06. The number of H-pyrrole nitrogens is 1. The SMILES string of the molecule is COC(=O)c1cc(NC(C)c2ccn[nH]2)ccc1F. The van der Waals surface area contributed by atoms with Crippen LogP contribution in [0.25, 0.3) is 0 Å². The highest BCUT2D eigenvalue weighted by atomic mass is 19.1. The highest BCUT2D eigenvalue weighted by Gasteiger charge is 2.14. The second-order valence-electron chi connectivity index (χ2n) is 4.06. The van der Waals surface area contributed by atoms with E-state index in [9.17, 15) is 9.18 Å². The maximum absolute atomic E-state index is 13.5. The molecule has 0 saturated heterocycles. The van der Waals surface area contributed by atoms with Gasteiger partial charge in [-0.2, -0.15) is 5.10 Å². The van der Waals surface area contributed by atoms with Crippen LogP contribution in [0.5, 0.6) is 0 Å². The topological polar surface area (TPSA) is 67.0 Å². The van der Waals surface area contributed by atoms with Crippen LogP contribution in [-0.4, -0.2) is 23.3 Å². The summed E-state index contributed by atoms with van der Waals surface area (Å²) in [6.07, 6.45) is 1.65. The molecule has 1 aromatic carbocycles. The van der Waals surface area contributed by atoms with Crippen LogP contribution in [0.1, 0.15) is 29.0 Å². The Morgan fingerprint density at radius 1 is 1.47 bits per heavy atom. The fourth-order valence-electron chi connectivity index (χ4n) is 1.72. The number of halogens is 1. The number of aromatic nitrogens is 2. The van der Waals surface area contributed by atoms with Crippen molar-refractivity contribution in [1.29, 1.82) is 0 Å². The van der Waals surface area contributed by atoms with Crippen LogP contribution in [0.15, 0.2) is 30.5 Å². The molecule has 2 aromatic rings. The Labute approximate surface area is 109 Å². The molecule has 0 spiro atoms. The Kier molecular flexibility index (Phi) is 3.79. The molecule has 5 nitrogen and oxygen atoms in total. The van der Waals surface area contributed by atoms with Crippen molar-refractivity contribution in [2.45, 2.75) is 13.0 Å². The van der Waals surface area contributed by atoms with E-state index in [1.807, 2.05) is 13.0 Å². The number of rotatable bonds is 4. The summed E-state index contributed by atoms with van der Waals surface area (Å²) in [5.41, 5.74) is 1.43. The van der Waals surface area contributed by atoms with Gasteiger partial charge in [0, 0.05) is 11.9 Å². The van der Waals surface area contributed by atoms with Gasteiger partial charge in [0.25, 0.3) is 0 Å². The third-order valence-electron chi connectivity index (χ3n) is 2.74. The summed E-state index contributed by atoms with van der Waals surface area (Å²) in [7, 11) is 1.22. The maximum atomic E-state index is 13.5. The number of carbonyl (C=O) groups is 1. The molecule has 100 valence electrons. The third-order valence-corrected chi connectivity index (χ3v) is 2.74. The zero-order valence-electron chi connectivity index (χ0n) is 10.6. The molecular weight excluding hydrogens is 249 g/mol. The minimum atomic E-state index is -0.699. The smallest absolute Gasteiger partial charge is 0.340 e. The lowest BCUT2D eigenvalue weighted by Gasteiger charge is -2.14. The first-order chi connectivity index (χ1) is 9.11. The number of hydrogen-bond acceptors (Lipinski definition) is 4. The predicted molar refractivity (Wildman–Crippen MR) is 68.4 cm³/mol. The molecule has 0 amide bonds. The van der Waals surface area contributed by atoms with Gasteiger partial charge in [-0.05, 0) is 31.2 Å². The van der Waals surface area contributed by atoms with Gasteiger partial charge in [-0.25, -0.2) is 9.18 Å². The average Bonchev–Trinajstić information content (AvgIpc) is 2.94. The van der Waals surface area contributed by atoms with Crippen molar-refractivity contribution in [2.24, 2.45) is 0 Å². The minimum absolute atomic E-state index is 0.0431. The van der Waals surface area contributed by atoms with Crippen molar-refractivity contribution in [3.63, 3.8) is 0 Å². The molecular formula is C13H14FN3O2. The van der Waals surface area contributed by atoms with E-state index in [0.29, 0.717) is 5.69 Å². The maximum Gasteiger partial charge on any atom is 0.340 e. The average molecular weight is 263 g/mol. The Morgan fingerprint density at radius 2 is 2.26 bits per heavy atom. The van der Waals surface area contributed by atoms with Crippen LogP contribution < -0.4 is 5.32 Å². The highest BCUT2D eigenvalue weighted by molar-refractivity contribution is 5.90. The van der Waals surface area contributed by atoms with Crippen molar-refractivity contribution in [1.82, 2.24) is 10.2 Å². The predicted octanol–water partition coefficient (Wildman–Crippen LogP) is 2.51. The standard InChI is InChI=1S/C13H14FN3O2/c1-8(12-5-6-15-17-12)16-9-3-4-11(14)10(7-9)13(18)19-2/h3-8,16H,1-2H3,(H,15,17). The number of anilines is 1. The number of esters is 1. The van der Waals surface area contributed by atoms with Crippen molar-refractivity contribution >= 4 is 11.7 Å². The molecule has 0 saturated carbocycles. The summed E-state index contributed by atoms with van der Waals surface area (Å²) in [5.74, 6) is -1.30. The molecule has 0 fully saturated rings. The molecule has 0 radical (unpaired) electrons. The summed E-state index contributed by atoms with van der Waals surface area (Å²) < 4.78 is 18.0. The Bertz CT molecular complexity index is 569. The fourth-order valence-corrected chi connectivity index (χ4v) is 1.72. The third kappa shape index (κ3) is 2.90. The van der Waals surface area contributed by atoms with E-state index in [1.165, 1.54) is 19.2 Å². The van der Waals surface area contributed by atoms with Crippen molar-refractivity contribution in [3.8, 4) is 0 Å². The van der Waals surface area contributed by atoms with Crippen LogP contribution >= 0.6 is 0 Å². The van der Waals surface area contributed by atoms with Crippen LogP contribution in [0.3, 0.4) is 0 Å². The molecule has 19 heavy (non-hydrogen) atoms. The molecule has 1 aromatic heterocycles. The lowest BCUT2D eigenvalue weighted by Crippen LogP contribution is -2.09. The number of nitrogens with zero attached hydrogens (tertiary/aromatic N) is 1. The molecule has 0 aliphatic heterocycles. The van der Waals surface area contributed by atoms with E-state index in [1.54, 1.807) is 12.3 Å². The number of hydrogen-bond donors (Lipinski definition) is 2. The Morgan fingerprint density at radius 3 is 2.89 bits per heavy atom. The Balaban J connectivity index is 2.19. The molecule has 1 unspecified atom stereocenters. The number of carbonyl (C=O) groups excluding carboxylic acids is 1. The molecule has 0 bridgehead atoms. The van der Waals surface area contributed by atoms with Crippen LogP contribution in [0.2, 0.25) is 0 Å². The number of benzene rings is 1. The first-order valence-corrected chi connectivity index (χ1v) is 5.75. The Hall–Kier alpha value is -2.37. The normalized spacial score (nSPS) is 11.9. The van der Waals surface area contributed by atoms with Gasteiger partial charge >= 0.3 is 5.97 Å². The molecule has 6 heteroatoms. The monoisotopic (exact) mass is 263 g/mol. The van der Waals surface area contributed by atoms with E-state index >= 15 is 0 Å².